The van der Waals surface area contributed by atoms with Crippen molar-refractivity contribution in [2.24, 2.45) is 27.5 Å². The van der Waals surface area contributed by atoms with Crippen LogP contribution in [0.4, 0.5) is 5.69 Å². The number of ether oxygens (including phenoxy) is 2. The third kappa shape index (κ3) is 5.46. The van der Waals surface area contributed by atoms with Crippen molar-refractivity contribution in [3.8, 4) is 5.75 Å². The normalized spacial score (nSPS) is 35.7. The molecule has 2 aromatic rings. The molecule has 2 heterocycles. The first-order valence-electron chi connectivity index (χ1n) is 14.9. The molecule has 0 saturated heterocycles. The van der Waals surface area contributed by atoms with E-state index < -0.39 is 16.5 Å². The van der Waals surface area contributed by atoms with Crippen LogP contribution < -0.4 is 9.64 Å². The number of thiol groups is 1. The second-order valence-electron chi connectivity index (χ2n) is 12.9. The summed E-state index contributed by atoms with van der Waals surface area (Å²) in [5.41, 5.74) is 3.79. The molecule has 2 unspecified atom stereocenters. The van der Waals surface area contributed by atoms with Crippen LogP contribution in [0.15, 0.2) is 52.9 Å². The molecule has 0 aromatic heterocycles. The molecule has 6 nitrogen and oxygen atoms in total. The molecule has 41 heavy (non-hydrogen) atoms. The third-order valence-corrected chi connectivity index (χ3v) is 11.3. The van der Waals surface area contributed by atoms with Gasteiger partial charge in [0.15, 0.2) is 0 Å². The Balaban J connectivity index is 1.43. The van der Waals surface area contributed by atoms with E-state index in [4.69, 9.17) is 21.1 Å². The first-order valence-corrected chi connectivity index (χ1v) is 16.7. The fourth-order valence-electron chi connectivity index (χ4n) is 7.33. The van der Waals surface area contributed by atoms with Crippen molar-refractivity contribution >= 4 is 33.8 Å². The number of amides is 1. The highest BCUT2D eigenvalue weighted by molar-refractivity contribution is 7.75. The minimum atomic E-state index is -1.99. The number of hydrogen-bond acceptors (Lipinski definition) is 5. The fraction of sp³-hybridized carbons (Fsp3) is 0.545. The van der Waals surface area contributed by atoms with Gasteiger partial charge in [0.1, 0.15) is 5.75 Å². The zero-order valence-corrected chi connectivity index (χ0v) is 26.1. The number of allylic oxidation sites excluding steroid dienone is 1. The number of carbonyl (C=O) groups is 1. The predicted octanol–water partition coefficient (Wildman–Crippen LogP) is 6.50. The summed E-state index contributed by atoms with van der Waals surface area (Å²) in [5.74, 6) is 2.02. The van der Waals surface area contributed by atoms with Crippen LogP contribution in [-0.4, -0.2) is 48.8 Å². The zero-order valence-electron chi connectivity index (χ0n) is 24.4. The smallest absolute Gasteiger partial charge is 0.284 e. The lowest BCUT2D eigenvalue weighted by Crippen LogP contribution is -2.43. The number of aryl methyl sites for hydroxylation is 1. The lowest BCUT2D eigenvalue weighted by molar-refractivity contribution is 0.0965. The highest BCUT2D eigenvalue weighted by Gasteiger charge is 2.80. The number of nitrogens with zero attached hydrogens (tertiary/aromatic N) is 2. The van der Waals surface area contributed by atoms with Crippen molar-refractivity contribution in [2.75, 3.05) is 37.5 Å². The molecule has 0 radical (unpaired) electrons. The Labute approximate surface area is 250 Å². The minimum Gasteiger partial charge on any atom is -0.490 e. The number of benzene rings is 2. The lowest BCUT2D eigenvalue weighted by atomic mass is 9.79. The molecule has 1 amide bonds. The van der Waals surface area contributed by atoms with Gasteiger partial charge in [0, 0.05) is 52.5 Å². The molecule has 8 heteroatoms. The molecule has 4 aliphatic rings. The Hall–Kier alpha value is -2.35. The van der Waals surface area contributed by atoms with E-state index in [9.17, 15) is 9.00 Å². The van der Waals surface area contributed by atoms with Gasteiger partial charge in [-0.05, 0) is 83.9 Å². The molecule has 2 aliphatic carbocycles. The molecule has 2 aromatic carbocycles. The summed E-state index contributed by atoms with van der Waals surface area (Å²) in [5, 5.41) is 0.752. The van der Waals surface area contributed by atoms with E-state index in [0.717, 1.165) is 48.8 Å². The topological polar surface area (TPSA) is 68.2 Å². The molecule has 2 fully saturated rings. The maximum Gasteiger partial charge on any atom is 0.284 e. The van der Waals surface area contributed by atoms with E-state index in [-0.39, 0.29) is 22.9 Å². The molecule has 7 atom stereocenters. The Morgan fingerprint density at radius 2 is 2.05 bits per heavy atom. The van der Waals surface area contributed by atoms with Crippen LogP contribution in [-0.2, 0) is 27.2 Å². The Morgan fingerprint density at radius 1 is 1.22 bits per heavy atom. The van der Waals surface area contributed by atoms with Gasteiger partial charge in [-0.2, -0.15) is 4.36 Å². The van der Waals surface area contributed by atoms with E-state index in [0.29, 0.717) is 29.8 Å². The second-order valence-corrected chi connectivity index (χ2v) is 14.6. The number of rotatable bonds is 4. The number of methoxy groups -OCH3 is 1. The van der Waals surface area contributed by atoms with E-state index >= 15 is 0 Å². The van der Waals surface area contributed by atoms with Crippen molar-refractivity contribution < 1.29 is 18.5 Å². The monoisotopic (exact) mass is 596 g/mol. The van der Waals surface area contributed by atoms with Crippen molar-refractivity contribution in [1.82, 2.24) is 0 Å². The van der Waals surface area contributed by atoms with Gasteiger partial charge in [-0.25, -0.2) is 0 Å². The number of anilines is 1. The van der Waals surface area contributed by atoms with E-state index in [1.165, 1.54) is 17.5 Å². The van der Waals surface area contributed by atoms with Gasteiger partial charge in [-0.15, -0.1) is 0 Å². The quantitative estimate of drug-likeness (QED) is 0.322. The van der Waals surface area contributed by atoms with Gasteiger partial charge < -0.3 is 14.4 Å². The fourth-order valence-corrected chi connectivity index (χ4v) is 8.61. The second kappa shape index (κ2) is 11.1. The van der Waals surface area contributed by atoms with E-state index in [2.05, 4.69) is 54.3 Å². The van der Waals surface area contributed by atoms with Crippen LogP contribution in [0.1, 0.15) is 61.5 Å². The van der Waals surface area contributed by atoms with Crippen LogP contribution in [0, 0.1) is 23.2 Å². The van der Waals surface area contributed by atoms with Gasteiger partial charge >= 0.3 is 0 Å². The standard InChI is InChI=1S/C33H41ClN2O4S/c1-5-7-22-14-24(34)11-12-25(22)32(3)18-36-19-33-16-26(33)30(33)29(39-4)9-6-8-21(2)17-41(38)35-31(37)23-10-13-28(40-20-32)27(36)15-23/h6,9-15,21,26,29-30,41H,5,7-8,16-20H2,1-4H3/b9-6+/t21-,26?,29-,30-,32-,33-/m0/s1. The van der Waals surface area contributed by atoms with Gasteiger partial charge in [-0.1, -0.05) is 57.0 Å². The lowest BCUT2D eigenvalue weighted by Gasteiger charge is -2.36. The zero-order chi connectivity index (χ0) is 28.9. The van der Waals surface area contributed by atoms with Gasteiger partial charge in [0.25, 0.3) is 5.91 Å². The Kier molecular flexibility index (Phi) is 7.75. The summed E-state index contributed by atoms with van der Waals surface area (Å²) in [6.45, 7) is 8.65. The van der Waals surface area contributed by atoms with Crippen LogP contribution in [0.2, 0.25) is 5.02 Å². The number of halogens is 1. The van der Waals surface area contributed by atoms with Gasteiger partial charge in [0.2, 0.25) is 0 Å². The highest BCUT2D eigenvalue weighted by Crippen LogP contribution is 2.81. The molecule has 2 aliphatic heterocycles. The first-order chi connectivity index (χ1) is 19.7. The summed E-state index contributed by atoms with van der Waals surface area (Å²) in [6, 6.07) is 11.8. The predicted molar refractivity (Wildman–Crippen MR) is 166 cm³/mol. The highest BCUT2D eigenvalue weighted by atomic mass is 35.5. The SMILES string of the molecule is CCCc1cc(Cl)ccc1[C@]1(C)COc2ccc3cc2N(C1)C[C@@]12CC1[C@H]2[C@@H](OC)/C=C/C[C@H](C)C/[SH](=O)=N\C3=O. The van der Waals surface area contributed by atoms with E-state index in [1.807, 2.05) is 18.2 Å². The molecular weight excluding hydrogens is 556 g/mol. The van der Waals surface area contributed by atoms with Crippen LogP contribution in [0.25, 0.3) is 0 Å². The molecule has 2 bridgehead atoms. The first kappa shape index (κ1) is 28.8. The third-order valence-electron chi connectivity index (χ3n) is 9.68. The van der Waals surface area contributed by atoms with Gasteiger partial charge in [0.05, 0.1) is 18.4 Å². The van der Waals surface area contributed by atoms with Crippen molar-refractivity contribution in [3.63, 3.8) is 0 Å². The molecular formula is C33H41ClN2O4S. The summed E-state index contributed by atoms with van der Waals surface area (Å²) < 4.78 is 29.4. The summed E-state index contributed by atoms with van der Waals surface area (Å²) in [6.07, 6.45) is 8.39. The van der Waals surface area contributed by atoms with Crippen molar-refractivity contribution in [1.29, 1.82) is 0 Å². The summed E-state index contributed by atoms with van der Waals surface area (Å²) in [7, 11) is -0.185. The summed E-state index contributed by atoms with van der Waals surface area (Å²) >= 11 is 6.44. The largest absolute Gasteiger partial charge is 0.490 e. The van der Waals surface area contributed by atoms with Crippen LogP contribution >= 0.6 is 11.6 Å². The minimum absolute atomic E-state index is 0.0710. The van der Waals surface area contributed by atoms with Gasteiger partial charge in [-0.3, -0.25) is 9.00 Å². The maximum absolute atomic E-state index is 13.2. The average Bonchev–Trinajstić information content (AvgIpc) is 3.81. The molecule has 6 rings (SSSR count). The molecule has 220 valence electrons. The van der Waals surface area contributed by atoms with E-state index in [1.54, 1.807) is 13.2 Å². The Morgan fingerprint density at radius 3 is 2.80 bits per heavy atom. The maximum atomic E-state index is 13.2. The molecule has 1 spiro atoms. The number of hydrogen-bond donors (Lipinski definition) is 1. The molecule has 2 saturated carbocycles. The van der Waals surface area contributed by atoms with Crippen LogP contribution in [0.3, 0.4) is 0 Å². The average molecular weight is 597 g/mol. The number of carbonyl (C=O) groups excluding carboxylic acids is 1. The summed E-state index contributed by atoms with van der Waals surface area (Å²) in [4.78, 5) is 15.6. The van der Waals surface area contributed by atoms with Crippen molar-refractivity contribution in [2.45, 2.75) is 58.0 Å². The number of fused-ring (bicyclic) bond motifs is 2. The van der Waals surface area contributed by atoms with Crippen LogP contribution in [0.5, 0.6) is 5.75 Å². The Bertz CT molecular complexity index is 1470. The molecule has 0 N–H and O–H groups in total. The van der Waals surface area contributed by atoms with Crippen molar-refractivity contribution in [3.05, 3.63) is 70.3 Å².